The number of carbonyl (C=O) groups is 3. The number of thiophene rings is 2. The highest BCUT2D eigenvalue weighted by molar-refractivity contribution is 7.17. The maximum atomic E-state index is 13.8. The summed E-state index contributed by atoms with van der Waals surface area (Å²) >= 11 is 9.19. The van der Waals surface area contributed by atoms with Gasteiger partial charge in [-0.15, -0.1) is 43.1 Å². The number of methoxy groups -OCH3 is 1. The van der Waals surface area contributed by atoms with E-state index >= 15 is 0 Å². The molecule has 0 saturated heterocycles. The van der Waals surface area contributed by atoms with Crippen molar-refractivity contribution in [3.63, 3.8) is 0 Å². The Morgan fingerprint density at radius 1 is 0.754 bits per heavy atom. The summed E-state index contributed by atoms with van der Waals surface area (Å²) in [7, 11) is 1.33. The topological polar surface area (TPSA) is 206 Å². The molecule has 0 spiro atoms. The molecular weight excluding hydrogens is 886 g/mol. The molecule has 8 rings (SSSR count). The van der Waals surface area contributed by atoms with Crippen LogP contribution in [-0.2, 0) is 19.1 Å². The molecule has 2 aliphatic heterocycles. The van der Waals surface area contributed by atoms with Crippen molar-refractivity contribution in [2.75, 3.05) is 40.0 Å². The molecule has 4 aromatic heterocycles. The van der Waals surface area contributed by atoms with Gasteiger partial charge in [0, 0.05) is 50.8 Å². The predicted molar refractivity (Wildman–Crippen MR) is 250 cm³/mol. The van der Waals surface area contributed by atoms with Crippen LogP contribution >= 0.6 is 34.3 Å². The predicted octanol–water partition coefficient (Wildman–Crippen LogP) is 5.78. The van der Waals surface area contributed by atoms with E-state index < -0.39 is 18.1 Å². The van der Waals surface area contributed by atoms with Crippen LogP contribution in [0, 0.1) is 46.5 Å². The van der Waals surface area contributed by atoms with Crippen molar-refractivity contribution in [2.24, 2.45) is 15.7 Å². The number of amides is 2. The molecule has 0 unspecified atom stereocenters. The molecule has 0 aliphatic carbocycles. The normalized spacial score (nSPS) is 14.9. The number of hydrogen-bond donors (Lipinski definition) is 3. The van der Waals surface area contributed by atoms with Crippen LogP contribution in [0.2, 0.25) is 5.02 Å². The lowest BCUT2D eigenvalue weighted by molar-refractivity contribution is -0.141. The zero-order chi connectivity index (χ0) is 45.9. The zero-order valence-electron chi connectivity index (χ0n) is 36.6. The molecule has 4 N–H and O–H groups in total. The van der Waals surface area contributed by atoms with E-state index in [0.717, 1.165) is 49.0 Å². The lowest BCUT2D eigenvalue weighted by atomic mass is 9.98. The Hall–Kier alpha value is -6.36. The van der Waals surface area contributed by atoms with Crippen LogP contribution in [-0.4, -0.2) is 98.7 Å². The van der Waals surface area contributed by atoms with Crippen molar-refractivity contribution in [3.8, 4) is 21.8 Å². The minimum absolute atomic E-state index is 0.0430. The van der Waals surface area contributed by atoms with E-state index in [1.165, 1.54) is 18.4 Å². The molecule has 0 saturated carbocycles. The first-order valence-corrected chi connectivity index (χ1v) is 22.9. The maximum Gasteiger partial charge on any atom is 0.308 e. The highest BCUT2D eigenvalue weighted by Gasteiger charge is 2.35. The summed E-state index contributed by atoms with van der Waals surface area (Å²) in [6.45, 7) is 11.0. The van der Waals surface area contributed by atoms with Gasteiger partial charge in [0.1, 0.15) is 33.7 Å². The minimum Gasteiger partial charge on any atom is -0.469 e. The molecule has 2 aromatic carbocycles. The van der Waals surface area contributed by atoms with Crippen LogP contribution in [0.4, 0.5) is 0 Å². The minimum atomic E-state index is -0.683. The van der Waals surface area contributed by atoms with Crippen LogP contribution in [0.5, 0.6) is 0 Å². The van der Waals surface area contributed by atoms with Gasteiger partial charge in [0.2, 0.25) is 5.91 Å². The van der Waals surface area contributed by atoms with Crippen LogP contribution in [0.1, 0.15) is 102 Å². The summed E-state index contributed by atoms with van der Waals surface area (Å²) in [5.74, 6) is 7.39. The lowest BCUT2D eigenvalue weighted by Gasteiger charge is -2.13. The number of ether oxygens (including phenoxy) is 2. The van der Waals surface area contributed by atoms with E-state index in [1.807, 2.05) is 66.3 Å². The molecule has 0 bridgehead atoms. The number of nitrogens with zero attached hydrogens (tertiary/aromatic N) is 8. The van der Waals surface area contributed by atoms with Crippen molar-refractivity contribution in [2.45, 2.75) is 59.5 Å². The second-order valence-electron chi connectivity index (χ2n) is 15.4. The van der Waals surface area contributed by atoms with Gasteiger partial charge in [0.25, 0.3) is 5.91 Å². The van der Waals surface area contributed by atoms with Gasteiger partial charge in [-0.2, -0.15) is 0 Å². The van der Waals surface area contributed by atoms with Gasteiger partial charge in [-0.3, -0.25) is 33.5 Å². The summed E-state index contributed by atoms with van der Waals surface area (Å²) in [6.07, 6.45) is -0.00322. The van der Waals surface area contributed by atoms with Gasteiger partial charge in [0.15, 0.2) is 11.6 Å². The van der Waals surface area contributed by atoms with Crippen LogP contribution in [0.25, 0.3) is 10.0 Å². The Kier molecular flexibility index (Phi) is 13.5. The molecule has 6 heterocycles. The van der Waals surface area contributed by atoms with E-state index in [4.69, 9.17) is 36.8 Å². The Morgan fingerprint density at radius 2 is 1.31 bits per heavy atom. The van der Waals surface area contributed by atoms with Crippen LogP contribution in [0.3, 0.4) is 0 Å². The number of esters is 1. The number of benzene rings is 2. The number of aliphatic imine (C=N–C) groups is 2. The third-order valence-corrected chi connectivity index (χ3v) is 13.8. The first-order valence-electron chi connectivity index (χ1n) is 20.9. The Balaban J connectivity index is 0.914. The molecular formula is C46H46ClN11O5S2. The smallest absolute Gasteiger partial charge is 0.308 e. The number of fused-ring (bicyclic) bond motifs is 6. The Bertz CT molecular complexity index is 2940. The number of carbonyl (C=O) groups excluding carboxylic acids is 3. The van der Waals surface area contributed by atoms with Gasteiger partial charge in [-0.1, -0.05) is 47.7 Å². The molecule has 2 atom stereocenters. The number of rotatable bonds is 13. The van der Waals surface area contributed by atoms with Crippen molar-refractivity contribution in [1.82, 2.24) is 40.2 Å². The molecule has 19 heteroatoms. The van der Waals surface area contributed by atoms with Crippen molar-refractivity contribution < 1.29 is 23.9 Å². The van der Waals surface area contributed by atoms with E-state index in [0.29, 0.717) is 49.5 Å². The molecule has 2 amide bonds. The van der Waals surface area contributed by atoms with Gasteiger partial charge in [-0.25, -0.2) is 0 Å². The number of halogens is 1. The van der Waals surface area contributed by atoms with Gasteiger partial charge in [-0.05, 0) is 70.0 Å². The second-order valence-corrected chi connectivity index (χ2v) is 18.0. The van der Waals surface area contributed by atoms with Gasteiger partial charge < -0.3 is 25.8 Å². The molecule has 65 heavy (non-hydrogen) atoms. The SMILES string of the molecule is COC(=O)C[C@@H]1N=C(c2ccc(Cl)cc2)c2c(sc(C(=O)NCCOCCNC(=O)C[C@@H]3N=C(c4ccc(C#CCN)cc4)c4c(sc(C)c4C)-n4c(C)nnc43)c2C)-n2c(C)nnc21. The van der Waals surface area contributed by atoms with Crippen molar-refractivity contribution in [1.29, 1.82) is 0 Å². The van der Waals surface area contributed by atoms with Gasteiger partial charge in [0.05, 0.1) is 56.0 Å². The quantitative estimate of drug-likeness (QED) is 0.0724. The number of aromatic nitrogens is 6. The van der Waals surface area contributed by atoms with E-state index in [9.17, 15) is 14.4 Å². The molecule has 0 fully saturated rings. The summed E-state index contributed by atoms with van der Waals surface area (Å²) in [5, 5.41) is 25.8. The lowest BCUT2D eigenvalue weighted by Crippen LogP contribution is -2.31. The van der Waals surface area contributed by atoms with E-state index in [2.05, 4.69) is 56.7 Å². The Labute approximate surface area is 388 Å². The van der Waals surface area contributed by atoms with Crippen LogP contribution < -0.4 is 16.4 Å². The van der Waals surface area contributed by atoms with Crippen molar-refractivity contribution >= 4 is 63.5 Å². The highest BCUT2D eigenvalue weighted by Crippen LogP contribution is 2.41. The first kappa shape index (κ1) is 45.2. The molecule has 16 nitrogen and oxygen atoms in total. The highest BCUT2D eigenvalue weighted by atomic mass is 35.5. The third kappa shape index (κ3) is 9.15. The Morgan fingerprint density at radius 3 is 1.91 bits per heavy atom. The number of hydrogen-bond acceptors (Lipinski definition) is 14. The summed E-state index contributed by atoms with van der Waals surface area (Å²) in [5.41, 5.74) is 13.0. The van der Waals surface area contributed by atoms with Crippen molar-refractivity contribution in [3.05, 3.63) is 126 Å². The van der Waals surface area contributed by atoms with Crippen LogP contribution in [0.15, 0.2) is 58.5 Å². The third-order valence-electron chi connectivity index (χ3n) is 11.1. The van der Waals surface area contributed by atoms with E-state index in [-0.39, 0.29) is 57.5 Å². The standard InChI is InChI=1S/C46H46ClN11O5S2/c1-24-26(3)64-45-37(24)39(30-11-9-29(10-12-30)8-7-17-48)51-33(42-55-53-27(4)57(42)45)22-35(59)49-18-20-63-21-19-50-44(61)41-25(2)38-40(31-13-15-32(47)16-14-31)52-34(23-36(60)62-6)43-56-54-28(5)58(43)46(38)65-41/h9-16,33-34H,17-23,48H2,1-6H3,(H,49,59)(H,50,61)/t33-,34-/m0/s1. The van der Waals surface area contributed by atoms with E-state index in [1.54, 1.807) is 23.5 Å². The maximum absolute atomic E-state index is 13.8. The fraction of sp³-hybridized carbons (Fsp3) is 0.326. The second kappa shape index (κ2) is 19.4. The monoisotopic (exact) mass is 931 g/mol. The van der Waals surface area contributed by atoms with Gasteiger partial charge >= 0.3 is 5.97 Å². The average molecular weight is 933 g/mol. The molecule has 2 aliphatic rings. The average Bonchev–Trinajstić information content (AvgIpc) is 4.00. The fourth-order valence-corrected chi connectivity index (χ4v) is 10.4. The zero-order valence-corrected chi connectivity index (χ0v) is 39.0. The summed E-state index contributed by atoms with van der Waals surface area (Å²) in [6, 6.07) is 13.8. The number of nitrogens with two attached hydrogens (primary N) is 1. The number of aryl methyl sites for hydroxylation is 3. The fourth-order valence-electron chi connectivity index (χ4n) is 7.80. The largest absolute Gasteiger partial charge is 0.469 e. The molecule has 6 aromatic rings. The first-order chi connectivity index (χ1) is 31.4. The number of nitrogens with one attached hydrogen (secondary N) is 2. The summed E-state index contributed by atoms with van der Waals surface area (Å²) in [4.78, 5) is 51.7. The summed E-state index contributed by atoms with van der Waals surface area (Å²) < 4.78 is 14.7. The molecule has 0 radical (unpaired) electrons. The molecule has 334 valence electrons.